The molecule has 39 heavy (non-hydrogen) atoms. The van der Waals surface area contributed by atoms with E-state index >= 15 is 0 Å². The standard InChI is InChI=1S/C25H30F2N6O5S/c1-37-14-19-20(22(34)38-2)21(15-3-4-17(26)18(27)13-15)33(24(36)31-19)23(35)29-9-11-32(25-30-10-12-39-25)16-5-7-28-8-6-16/h3-4,10,12-13,16,21,28H,5-9,11,14H2,1-2H3,(H,29,35)(H,31,36)/t21-/m0/s1. The van der Waals surface area contributed by atoms with Crippen molar-refractivity contribution in [1.82, 2.24) is 25.8 Å². The van der Waals surface area contributed by atoms with Gasteiger partial charge in [0.2, 0.25) is 0 Å². The molecule has 11 nitrogen and oxygen atoms in total. The van der Waals surface area contributed by atoms with E-state index in [1.807, 2.05) is 5.38 Å². The van der Waals surface area contributed by atoms with Crippen LogP contribution in [0.4, 0.5) is 23.5 Å². The second-order valence-electron chi connectivity index (χ2n) is 8.91. The molecular weight excluding hydrogens is 534 g/mol. The quantitative estimate of drug-likeness (QED) is 0.397. The largest absolute Gasteiger partial charge is 0.466 e. The van der Waals surface area contributed by atoms with Crippen molar-refractivity contribution in [3.63, 3.8) is 0 Å². The van der Waals surface area contributed by atoms with Crippen molar-refractivity contribution in [1.29, 1.82) is 0 Å². The predicted molar refractivity (Wildman–Crippen MR) is 139 cm³/mol. The number of aromatic nitrogens is 1. The van der Waals surface area contributed by atoms with Crippen LogP contribution < -0.4 is 20.9 Å². The first-order valence-electron chi connectivity index (χ1n) is 12.4. The van der Waals surface area contributed by atoms with E-state index in [0.29, 0.717) is 6.54 Å². The number of carbonyl (C=O) groups excluding carboxylic acids is 3. The lowest BCUT2D eigenvalue weighted by atomic mass is 9.93. The molecule has 0 saturated carbocycles. The van der Waals surface area contributed by atoms with Crippen molar-refractivity contribution in [2.45, 2.75) is 24.9 Å². The normalized spacial score (nSPS) is 18.1. The number of rotatable bonds is 9. The van der Waals surface area contributed by atoms with Crippen LogP contribution in [-0.4, -0.2) is 81.0 Å². The number of carbonyl (C=O) groups is 3. The van der Waals surface area contributed by atoms with Crippen molar-refractivity contribution in [2.75, 3.05) is 51.9 Å². The molecule has 0 radical (unpaired) electrons. The summed E-state index contributed by atoms with van der Waals surface area (Å²) in [7, 11) is 2.49. The first-order valence-corrected chi connectivity index (χ1v) is 13.2. The Morgan fingerprint density at radius 2 is 2.00 bits per heavy atom. The molecule has 2 aromatic rings. The lowest BCUT2D eigenvalue weighted by molar-refractivity contribution is -0.137. The molecule has 2 aliphatic rings. The van der Waals surface area contributed by atoms with Gasteiger partial charge in [0.1, 0.15) is 6.04 Å². The Labute approximate surface area is 228 Å². The number of thiazole rings is 1. The zero-order valence-corrected chi connectivity index (χ0v) is 22.4. The van der Waals surface area contributed by atoms with Gasteiger partial charge in [0, 0.05) is 37.8 Å². The number of ether oxygens (including phenoxy) is 2. The number of piperidine rings is 1. The Hall–Kier alpha value is -3.62. The SMILES string of the molecule is COCC1=C(C(=O)OC)[C@H](c2ccc(F)c(F)c2)N(C(=O)NCCN(c2nccs2)C2CCNCC2)C(=O)N1. The minimum Gasteiger partial charge on any atom is -0.466 e. The van der Waals surface area contributed by atoms with Gasteiger partial charge in [-0.05, 0) is 43.6 Å². The van der Waals surface area contributed by atoms with Gasteiger partial charge in [0.05, 0.1) is 25.0 Å². The second-order valence-corrected chi connectivity index (χ2v) is 9.79. The van der Waals surface area contributed by atoms with E-state index in [0.717, 1.165) is 55.2 Å². The molecule has 0 aliphatic carbocycles. The van der Waals surface area contributed by atoms with Crippen LogP contribution in [0.2, 0.25) is 0 Å². The van der Waals surface area contributed by atoms with Crippen molar-refractivity contribution in [3.05, 3.63) is 58.2 Å². The third-order valence-electron chi connectivity index (χ3n) is 6.55. The number of nitrogens with zero attached hydrogens (tertiary/aromatic N) is 3. The fraction of sp³-hybridized carbons (Fsp3) is 0.440. The number of nitrogens with one attached hydrogen (secondary N) is 3. The first-order chi connectivity index (χ1) is 18.8. The van der Waals surface area contributed by atoms with Crippen LogP contribution >= 0.6 is 11.3 Å². The van der Waals surface area contributed by atoms with E-state index < -0.39 is 35.7 Å². The smallest absolute Gasteiger partial charge is 0.338 e. The van der Waals surface area contributed by atoms with Crippen molar-refractivity contribution >= 4 is 34.5 Å². The predicted octanol–water partition coefficient (Wildman–Crippen LogP) is 2.53. The van der Waals surface area contributed by atoms with Gasteiger partial charge in [-0.2, -0.15) is 0 Å². The van der Waals surface area contributed by atoms with E-state index in [2.05, 4.69) is 25.8 Å². The Bertz CT molecular complexity index is 1220. The number of urea groups is 2. The number of benzene rings is 1. The zero-order valence-electron chi connectivity index (χ0n) is 21.5. The van der Waals surface area contributed by atoms with Gasteiger partial charge in [0.25, 0.3) is 0 Å². The molecule has 14 heteroatoms. The van der Waals surface area contributed by atoms with Crippen LogP contribution in [0, 0.1) is 11.6 Å². The second kappa shape index (κ2) is 13.0. The van der Waals surface area contributed by atoms with Crippen molar-refractivity contribution in [2.24, 2.45) is 0 Å². The van der Waals surface area contributed by atoms with Gasteiger partial charge < -0.3 is 30.3 Å². The molecule has 1 atom stereocenters. The molecule has 0 unspecified atom stereocenters. The maximum atomic E-state index is 14.3. The summed E-state index contributed by atoms with van der Waals surface area (Å²) in [6.07, 6.45) is 3.54. The molecule has 1 aromatic carbocycles. The lowest BCUT2D eigenvalue weighted by Gasteiger charge is -2.37. The van der Waals surface area contributed by atoms with Gasteiger partial charge in [-0.15, -0.1) is 11.3 Å². The molecule has 3 N–H and O–H groups in total. The monoisotopic (exact) mass is 564 g/mol. The van der Waals surface area contributed by atoms with Crippen LogP contribution in [0.15, 0.2) is 41.0 Å². The van der Waals surface area contributed by atoms with Gasteiger partial charge in [0.15, 0.2) is 16.8 Å². The van der Waals surface area contributed by atoms with E-state index in [-0.39, 0.29) is 36.0 Å². The maximum Gasteiger partial charge on any atom is 0.338 e. The first kappa shape index (κ1) is 28.4. The van der Waals surface area contributed by atoms with Crippen LogP contribution in [-0.2, 0) is 14.3 Å². The zero-order chi connectivity index (χ0) is 27.9. The average molecular weight is 565 g/mol. The summed E-state index contributed by atoms with van der Waals surface area (Å²) in [5.41, 5.74) is -0.0831. The molecular formula is C25H30F2N6O5S. The Morgan fingerprint density at radius 1 is 1.23 bits per heavy atom. The Morgan fingerprint density at radius 3 is 2.64 bits per heavy atom. The molecule has 1 fully saturated rings. The highest BCUT2D eigenvalue weighted by molar-refractivity contribution is 7.13. The maximum absolute atomic E-state index is 14.3. The average Bonchev–Trinajstić information content (AvgIpc) is 3.47. The van der Waals surface area contributed by atoms with E-state index in [1.165, 1.54) is 24.5 Å². The van der Waals surface area contributed by atoms with Gasteiger partial charge in [-0.1, -0.05) is 6.07 Å². The summed E-state index contributed by atoms with van der Waals surface area (Å²) in [6.45, 7) is 2.12. The summed E-state index contributed by atoms with van der Waals surface area (Å²) in [4.78, 5) is 46.8. The lowest BCUT2D eigenvalue weighted by Crippen LogP contribution is -2.56. The fourth-order valence-electron chi connectivity index (χ4n) is 4.76. The molecule has 0 spiro atoms. The van der Waals surface area contributed by atoms with Crippen molar-refractivity contribution in [3.8, 4) is 0 Å². The third kappa shape index (κ3) is 6.34. The molecule has 1 aromatic heterocycles. The summed E-state index contributed by atoms with van der Waals surface area (Å²) in [6, 6.07) is 0.0493. The van der Waals surface area contributed by atoms with Crippen LogP contribution in [0.3, 0.4) is 0 Å². The number of imide groups is 1. The van der Waals surface area contributed by atoms with Gasteiger partial charge in [-0.25, -0.2) is 33.0 Å². The molecule has 210 valence electrons. The minimum atomic E-state index is -1.40. The molecule has 4 rings (SSSR count). The summed E-state index contributed by atoms with van der Waals surface area (Å²) in [5, 5.41) is 11.3. The molecule has 3 heterocycles. The number of halogens is 2. The van der Waals surface area contributed by atoms with Gasteiger partial charge >= 0.3 is 18.0 Å². The molecule has 0 bridgehead atoms. The summed E-state index contributed by atoms with van der Waals surface area (Å²) >= 11 is 1.49. The number of hydrogen-bond acceptors (Lipinski definition) is 9. The van der Waals surface area contributed by atoms with E-state index in [4.69, 9.17) is 9.47 Å². The molecule has 1 saturated heterocycles. The minimum absolute atomic E-state index is 0.00650. The van der Waals surface area contributed by atoms with Crippen molar-refractivity contribution < 1.29 is 32.6 Å². The van der Waals surface area contributed by atoms with E-state index in [9.17, 15) is 23.2 Å². The van der Waals surface area contributed by atoms with Crippen LogP contribution in [0.5, 0.6) is 0 Å². The van der Waals surface area contributed by atoms with Crippen LogP contribution in [0.25, 0.3) is 0 Å². The molecule has 2 aliphatic heterocycles. The summed E-state index contributed by atoms with van der Waals surface area (Å²) < 4.78 is 38.0. The highest BCUT2D eigenvalue weighted by Crippen LogP contribution is 2.35. The topological polar surface area (TPSA) is 125 Å². The number of amides is 4. The number of esters is 1. The molecule has 4 amide bonds. The Kier molecular flexibility index (Phi) is 9.43. The summed E-state index contributed by atoms with van der Waals surface area (Å²) in [5.74, 6) is -3.18. The number of methoxy groups -OCH3 is 2. The third-order valence-corrected chi connectivity index (χ3v) is 7.36. The van der Waals surface area contributed by atoms with Gasteiger partial charge in [-0.3, -0.25) is 0 Å². The number of anilines is 1. The fourth-order valence-corrected chi connectivity index (χ4v) is 5.50. The highest BCUT2D eigenvalue weighted by Gasteiger charge is 2.43. The van der Waals surface area contributed by atoms with E-state index in [1.54, 1.807) is 6.20 Å². The Balaban J connectivity index is 1.60. The number of hydrogen-bond donors (Lipinski definition) is 3. The highest BCUT2D eigenvalue weighted by atomic mass is 32.1. The van der Waals surface area contributed by atoms with Crippen LogP contribution in [0.1, 0.15) is 24.4 Å².